The zero-order valence-corrected chi connectivity index (χ0v) is 14.9. The summed E-state index contributed by atoms with van der Waals surface area (Å²) in [5, 5.41) is 9.72. The predicted molar refractivity (Wildman–Crippen MR) is 100 cm³/mol. The second-order valence-corrected chi connectivity index (χ2v) is 5.78. The first kappa shape index (κ1) is 18.0. The van der Waals surface area contributed by atoms with Crippen LogP contribution < -0.4 is 9.47 Å². The summed E-state index contributed by atoms with van der Waals surface area (Å²) in [6.45, 7) is -0.424. The minimum atomic E-state index is -0.950. The molecule has 0 fully saturated rings. The SMILES string of the molecule is COc1ccc(C(OCO)(c2ccccc2)c2ccc(OC)cc2)cc1. The molecule has 0 heterocycles. The maximum absolute atomic E-state index is 9.72. The van der Waals surface area contributed by atoms with Gasteiger partial charge in [0, 0.05) is 0 Å². The lowest BCUT2D eigenvalue weighted by Gasteiger charge is -2.35. The zero-order valence-electron chi connectivity index (χ0n) is 14.9. The van der Waals surface area contributed by atoms with Crippen molar-refractivity contribution in [3.8, 4) is 11.5 Å². The van der Waals surface area contributed by atoms with Crippen LogP contribution in [-0.4, -0.2) is 26.1 Å². The molecule has 26 heavy (non-hydrogen) atoms. The molecule has 0 saturated heterocycles. The Morgan fingerprint density at radius 1 is 0.654 bits per heavy atom. The molecule has 0 bridgehead atoms. The van der Waals surface area contributed by atoms with Gasteiger partial charge in [0.15, 0.2) is 0 Å². The van der Waals surface area contributed by atoms with Gasteiger partial charge in [-0.3, -0.25) is 0 Å². The standard InChI is InChI=1S/C22H22O4/c1-24-20-12-8-18(9-13-20)22(26-16-23,17-6-4-3-5-7-17)19-10-14-21(25-2)15-11-19/h3-15,23H,16H2,1-2H3. The lowest BCUT2D eigenvalue weighted by Crippen LogP contribution is -2.33. The maximum atomic E-state index is 9.72. The molecule has 0 aliphatic carbocycles. The molecule has 0 radical (unpaired) electrons. The van der Waals surface area contributed by atoms with Gasteiger partial charge >= 0.3 is 0 Å². The maximum Gasteiger partial charge on any atom is 0.146 e. The van der Waals surface area contributed by atoms with E-state index < -0.39 is 12.4 Å². The number of hydrogen-bond acceptors (Lipinski definition) is 4. The number of methoxy groups -OCH3 is 2. The summed E-state index contributed by atoms with van der Waals surface area (Å²) in [5.74, 6) is 1.52. The minimum absolute atomic E-state index is 0.424. The van der Waals surface area contributed by atoms with E-state index in [1.54, 1.807) is 14.2 Å². The molecule has 0 atom stereocenters. The molecule has 4 heteroatoms. The Kier molecular flexibility index (Phi) is 5.56. The van der Waals surface area contributed by atoms with Crippen LogP contribution >= 0.6 is 0 Å². The highest BCUT2D eigenvalue weighted by Gasteiger charge is 2.37. The van der Waals surface area contributed by atoms with Crippen LogP contribution in [0.2, 0.25) is 0 Å². The zero-order chi connectivity index (χ0) is 18.4. The Bertz CT molecular complexity index is 764. The van der Waals surface area contributed by atoms with Crippen molar-refractivity contribution in [3.63, 3.8) is 0 Å². The van der Waals surface area contributed by atoms with Gasteiger partial charge in [0.25, 0.3) is 0 Å². The largest absolute Gasteiger partial charge is 0.497 e. The average Bonchev–Trinajstić information content (AvgIpc) is 2.73. The Morgan fingerprint density at radius 3 is 1.46 bits per heavy atom. The highest BCUT2D eigenvalue weighted by molar-refractivity contribution is 5.49. The second-order valence-electron chi connectivity index (χ2n) is 5.78. The van der Waals surface area contributed by atoms with E-state index in [2.05, 4.69) is 0 Å². The van der Waals surface area contributed by atoms with Crippen molar-refractivity contribution in [2.24, 2.45) is 0 Å². The van der Waals surface area contributed by atoms with E-state index in [-0.39, 0.29) is 0 Å². The van der Waals surface area contributed by atoms with Crippen LogP contribution in [0.15, 0.2) is 78.9 Å². The van der Waals surface area contributed by atoms with Gasteiger partial charge in [-0.05, 0) is 41.0 Å². The fraction of sp³-hybridized carbons (Fsp3) is 0.182. The monoisotopic (exact) mass is 350 g/mol. The van der Waals surface area contributed by atoms with Gasteiger partial charge in [-0.25, -0.2) is 0 Å². The van der Waals surface area contributed by atoms with Gasteiger partial charge in [-0.15, -0.1) is 0 Å². The van der Waals surface area contributed by atoms with E-state index in [0.29, 0.717) is 0 Å². The quantitative estimate of drug-likeness (QED) is 0.517. The number of ether oxygens (including phenoxy) is 3. The van der Waals surface area contributed by atoms with Gasteiger partial charge in [0.1, 0.15) is 23.9 Å². The highest BCUT2D eigenvalue weighted by Crippen LogP contribution is 2.41. The lowest BCUT2D eigenvalue weighted by molar-refractivity contribution is -0.0784. The van der Waals surface area contributed by atoms with E-state index in [1.165, 1.54) is 0 Å². The van der Waals surface area contributed by atoms with E-state index in [1.807, 2.05) is 78.9 Å². The number of benzene rings is 3. The van der Waals surface area contributed by atoms with Crippen LogP contribution in [0.25, 0.3) is 0 Å². The van der Waals surface area contributed by atoms with Crippen molar-refractivity contribution in [2.45, 2.75) is 5.60 Å². The fourth-order valence-electron chi connectivity index (χ4n) is 3.17. The fourth-order valence-corrected chi connectivity index (χ4v) is 3.17. The number of hydrogen-bond donors (Lipinski definition) is 1. The summed E-state index contributed by atoms with van der Waals surface area (Å²) >= 11 is 0. The Hall–Kier alpha value is -2.82. The lowest BCUT2D eigenvalue weighted by atomic mass is 9.80. The summed E-state index contributed by atoms with van der Waals surface area (Å²) in [5.41, 5.74) is 1.76. The van der Waals surface area contributed by atoms with Gasteiger partial charge in [-0.1, -0.05) is 54.6 Å². The molecule has 1 N–H and O–H groups in total. The summed E-state index contributed by atoms with van der Waals surface area (Å²) in [4.78, 5) is 0. The normalized spacial score (nSPS) is 11.2. The molecule has 0 aromatic heterocycles. The smallest absolute Gasteiger partial charge is 0.146 e. The third-order valence-corrected chi connectivity index (χ3v) is 4.45. The van der Waals surface area contributed by atoms with Gasteiger partial charge in [-0.2, -0.15) is 0 Å². The molecule has 134 valence electrons. The molecule has 0 aliphatic heterocycles. The molecule has 0 aliphatic rings. The van der Waals surface area contributed by atoms with Gasteiger partial charge < -0.3 is 19.3 Å². The Morgan fingerprint density at radius 2 is 1.08 bits per heavy atom. The van der Waals surface area contributed by atoms with Crippen LogP contribution in [0.3, 0.4) is 0 Å². The third kappa shape index (κ3) is 3.29. The Balaban J connectivity index is 2.23. The van der Waals surface area contributed by atoms with Crippen LogP contribution in [0.5, 0.6) is 11.5 Å². The molecule has 3 rings (SSSR count). The third-order valence-electron chi connectivity index (χ3n) is 4.45. The molecule has 0 spiro atoms. The molecular formula is C22H22O4. The minimum Gasteiger partial charge on any atom is -0.497 e. The van der Waals surface area contributed by atoms with E-state index >= 15 is 0 Å². The Labute approximate surface area is 153 Å². The molecule has 0 saturated carbocycles. The van der Waals surface area contributed by atoms with Crippen molar-refractivity contribution in [1.82, 2.24) is 0 Å². The number of aliphatic hydroxyl groups is 1. The molecule has 3 aromatic rings. The van der Waals surface area contributed by atoms with Crippen LogP contribution in [0, 0.1) is 0 Å². The summed E-state index contributed by atoms with van der Waals surface area (Å²) in [7, 11) is 3.26. The molecule has 3 aromatic carbocycles. The number of aliphatic hydroxyl groups excluding tert-OH is 1. The predicted octanol–water partition coefficient (Wildman–Crippen LogP) is 3.96. The van der Waals surface area contributed by atoms with E-state index in [9.17, 15) is 5.11 Å². The highest BCUT2D eigenvalue weighted by atomic mass is 16.6. The first-order valence-electron chi connectivity index (χ1n) is 8.34. The number of rotatable bonds is 7. The van der Waals surface area contributed by atoms with Crippen LogP contribution in [0.1, 0.15) is 16.7 Å². The first-order chi connectivity index (χ1) is 12.7. The van der Waals surface area contributed by atoms with Crippen molar-refractivity contribution < 1.29 is 19.3 Å². The van der Waals surface area contributed by atoms with E-state index in [4.69, 9.17) is 14.2 Å². The van der Waals surface area contributed by atoms with Crippen LogP contribution in [0.4, 0.5) is 0 Å². The van der Waals surface area contributed by atoms with Gasteiger partial charge in [0.05, 0.1) is 14.2 Å². The van der Waals surface area contributed by atoms with Gasteiger partial charge in [0.2, 0.25) is 0 Å². The van der Waals surface area contributed by atoms with E-state index in [0.717, 1.165) is 28.2 Å². The molecule has 0 unspecified atom stereocenters. The van der Waals surface area contributed by atoms with Crippen molar-refractivity contribution in [2.75, 3.05) is 21.0 Å². The molecular weight excluding hydrogens is 328 g/mol. The first-order valence-corrected chi connectivity index (χ1v) is 8.34. The summed E-state index contributed by atoms with van der Waals surface area (Å²) < 4.78 is 16.6. The molecule has 0 amide bonds. The molecule has 4 nitrogen and oxygen atoms in total. The summed E-state index contributed by atoms with van der Waals surface area (Å²) in [6, 6.07) is 25.2. The van der Waals surface area contributed by atoms with Crippen molar-refractivity contribution in [1.29, 1.82) is 0 Å². The topological polar surface area (TPSA) is 47.9 Å². The summed E-state index contributed by atoms with van der Waals surface area (Å²) in [6.07, 6.45) is 0. The average molecular weight is 350 g/mol. The van der Waals surface area contributed by atoms with Crippen LogP contribution in [-0.2, 0) is 10.3 Å². The van der Waals surface area contributed by atoms with Crippen molar-refractivity contribution in [3.05, 3.63) is 95.6 Å². The van der Waals surface area contributed by atoms with Crippen molar-refractivity contribution >= 4 is 0 Å². The second kappa shape index (κ2) is 8.04.